The average Bonchev–Trinajstić information content (AvgIpc) is 3.05. The van der Waals surface area contributed by atoms with Gasteiger partial charge in [0.05, 0.1) is 6.26 Å². The van der Waals surface area contributed by atoms with Crippen molar-refractivity contribution in [3.63, 3.8) is 0 Å². The molecule has 2 N–H and O–H groups in total. The molecule has 0 saturated carbocycles. The molecule has 0 aromatic carbocycles. The number of rotatable bonds is 4. The summed E-state index contributed by atoms with van der Waals surface area (Å²) in [6.45, 7) is 3.26. The van der Waals surface area contributed by atoms with Crippen LogP contribution < -0.4 is 10.6 Å². The third kappa shape index (κ3) is 2.72. The minimum atomic E-state index is -0.202. The first-order valence-electron chi connectivity index (χ1n) is 6.78. The molecule has 0 aliphatic carbocycles. The van der Waals surface area contributed by atoms with Crippen LogP contribution in [-0.4, -0.2) is 40.3 Å². The minimum absolute atomic E-state index is 0.202. The molecule has 3 heterocycles. The number of fused-ring (bicyclic) bond motifs is 1. The molecule has 0 atom stereocenters. The zero-order valence-electron chi connectivity index (χ0n) is 11.1. The molecule has 2 aromatic rings. The van der Waals surface area contributed by atoms with Gasteiger partial charge in [-0.1, -0.05) is 0 Å². The number of nitrogens with zero attached hydrogens (tertiary/aromatic N) is 3. The fourth-order valence-electron chi connectivity index (χ4n) is 2.30. The van der Waals surface area contributed by atoms with Crippen molar-refractivity contribution < 1.29 is 9.21 Å². The average molecular weight is 275 g/mol. The lowest BCUT2D eigenvalue weighted by molar-refractivity contribution is 0.0926. The summed E-state index contributed by atoms with van der Waals surface area (Å²) < 4.78 is 7.17. The predicted molar refractivity (Wildman–Crippen MR) is 71.3 cm³/mol. The zero-order valence-corrected chi connectivity index (χ0v) is 11.1. The molecule has 0 radical (unpaired) electrons. The Morgan fingerprint density at radius 1 is 1.45 bits per heavy atom. The summed E-state index contributed by atoms with van der Waals surface area (Å²) in [5.41, 5.74) is 0. The highest BCUT2D eigenvalue weighted by Crippen LogP contribution is 2.06. The predicted octanol–water partition coefficient (Wildman–Crippen LogP) is -0.0107. The van der Waals surface area contributed by atoms with Crippen molar-refractivity contribution in [1.29, 1.82) is 0 Å². The Morgan fingerprint density at radius 2 is 2.40 bits per heavy atom. The maximum atomic E-state index is 11.7. The van der Waals surface area contributed by atoms with Gasteiger partial charge in [0.1, 0.15) is 11.6 Å². The Balaban J connectivity index is 1.56. The highest BCUT2D eigenvalue weighted by molar-refractivity contribution is 5.91. The smallest absolute Gasteiger partial charge is 0.286 e. The number of hydrogen-bond acceptors (Lipinski definition) is 5. The largest absolute Gasteiger partial charge is 0.459 e. The second kappa shape index (κ2) is 5.87. The van der Waals surface area contributed by atoms with Crippen molar-refractivity contribution in [2.24, 2.45) is 0 Å². The molecule has 0 fully saturated rings. The van der Waals surface area contributed by atoms with Gasteiger partial charge in [-0.3, -0.25) is 4.79 Å². The first-order valence-corrected chi connectivity index (χ1v) is 6.78. The second-order valence-electron chi connectivity index (χ2n) is 4.67. The first-order chi connectivity index (χ1) is 9.84. The van der Waals surface area contributed by atoms with Gasteiger partial charge in [-0.2, -0.15) is 0 Å². The van der Waals surface area contributed by atoms with E-state index in [1.54, 1.807) is 12.1 Å². The molecule has 106 valence electrons. The van der Waals surface area contributed by atoms with Gasteiger partial charge in [-0.15, -0.1) is 10.2 Å². The lowest BCUT2D eigenvalue weighted by Crippen LogP contribution is -2.26. The van der Waals surface area contributed by atoms with Crippen molar-refractivity contribution in [3.05, 3.63) is 35.8 Å². The summed E-state index contributed by atoms with van der Waals surface area (Å²) >= 11 is 0. The molecule has 0 spiro atoms. The summed E-state index contributed by atoms with van der Waals surface area (Å²) in [6, 6.07) is 3.34. The Bertz CT molecular complexity index is 576. The van der Waals surface area contributed by atoms with Crippen LogP contribution in [0.4, 0.5) is 0 Å². The van der Waals surface area contributed by atoms with Gasteiger partial charge >= 0.3 is 0 Å². The van der Waals surface area contributed by atoms with Gasteiger partial charge in [0.15, 0.2) is 5.76 Å². The van der Waals surface area contributed by atoms with Gasteiger partial charge in [0.2, 0.25) is 0 Å². The number of furan rings is 1. The van der Waals surface area contributed by atoms with E-state index in [9.17, 15) is 4.79 Å². The maximum Gasteiger partial charge on any atom is 0.286 e. The van der Waals surface area contributed by atoms with Crippen LogP contribution in [0.15, 0.2) is 22.8 Å². The molecule has 0 bridgehead atoms. The molecule has 7 nitrogen and oxygen atoms in total. The number of nitrogens with one attached hydrogen (secondary N) is 2. The van der Waals surface area contributed by atoms with E-state index in [1.165, 1.54) is 6.26 Å². The van der Waals surface area contributed by atoms with E-state index in [0.29, 0.717) is 18.7 Å². The third-order valence-electron chi connectivity index (χ3n) is 3.32. The normalized spacial score (nSPS) is 14.6. The maximum absolute atomic E-state index is 11.7. The molecule has 0 saturated heterocycles. The van der Waals surface area contributed by atoms with Crippen LogP contribution >= 0.6 is 0 Å². The number of aromatic nitrogens is 3. The first kappa shape index (κ1) is 12.9. The van der Waals surface area contributed by atoms with Gasteiger partial charge < -0.3 is 19.6 Å². The molecule has 20 heavy (non-hydrogen) atoms. The van der Waals surface area contributed by atoms with Crippen LogP contribution in [0.1, 0.15) is 22.2 Å². The van der Waals surface area contributed by atoms with Crippen molar-refractivity contribution in [2.75, 3.05) is 19.6 Å². The Hall–Kier alpha value is -2.15. The molecule has 7 heteroatoms. The molecule has 0 unspecified atom stereocenters. The summed E-state index contributed by atoms with van der Waals surface area (Å²) in [6.07, 6.45) is 3.05. The third-order valence-corrected chi connectivity index (χ3v) is 3.32. The second-order valence-corrected chi connectivity index (χ2v) is 4.67. The quantitative estimate of drug-likeness (QED) is 0.819. The number of hydrogen-bond donors (Lipinski definition) is 2. The van der Waals surface area contributed by atoms with E-state index < -0.39 is 0 Å². The fourth-order valence-corrected chi connectivity index (χ4v) is 2.30. The van der Waals surface area contributed by atoms with E-state index in [-0.39, 0.29) is 5.91 Å². The monoisotopic (exact) mass is 275 g/mol. The number of amides is 1. The zero-order chi connectivity index (χ0) is 13.8. The van der Waals surface area contributed by atoms with E-state index in [4.69, 9.17) is 4.42 Å². The highest BCUT2D eigenvalue weighted by Gasteiger charge is 2.14. The van der Waals surface area contributed by atoms with Gasteiger partial charge in [0.25, 0.3) is 5.91 Å². The SMILES string of the molecule is O=C(NCCc1nnc2n1CCNCC2)c1ccco1. The molecule has 1 aliphatic heterocycles. The van der Waals surface area contributed by atoms with Crippen LogP contribution in [0.3, 0.4) is 0 Å². The van der Waals surface area contributed by atoms with Crippen molar-refractivity contribution in [2.45, 2.75) is 19.4 Å². The van der Waals surface area contributed by atoms with Crippen LogP contribution in [-0.2, 0) is 19.4 Å². The molecule has 3 rings (SSSR count). The van der Waals surface area contributed by atoms with Crippen LogP contribution in [0.2, 0.25) is 0 Å². The molecular formula is C13H17N5O2. The van der Waals surface area contributed by atoms with E-state index in [2.05, 4.69) is 25.4 Å². The van der Waals surface area contributed by atoms with Crippen LogP contribution in [0, 0.1) is 0 Å². The van der Waals surface area contributed by atoms with Crippen LogP contribution in [0.5, 0.6) is 0 Å². The Morgan fingerprint density at radius 3 is 3.25 bits per heavy atom. The van der Waals surface area contributed by atoms with Gasteiger partial charge in [0, 0.05) is 39.0 Å². The van der Waals surface area contributed by atoms with Crippen molar-refractivity contribution in [1.82, 2.24) is 25.4 Å². The van der Waals surface area contributed by atoms with E-state index in [0.717, 1.165) is 37.7 Å². The standard InChI is InChI=1S/C13H17N5O2/c19-13(10-2-1-9-20-10)15-6-4-12-17-16-11-3-5-14-7-8-18(11)12/h1-2,9,14H,3-8H2,(H,15,19). The molecule has 1 amide bonds. The lowest BCUT2D eigenvalue weighted by Gasteiger charge is -2.07. The van der Waals surface area contributed by atoms with Gasteiger partial charge in [-0.25, -0.2) is 0 Å². The molecular weight excluding hydrogens is 258 g/mol. The summed E-state index contributed by atoms with van der Waals surface area (Å²) in [5.74, 6) is 2.06. The van der Waals surface area contributed by atoms with Crippen LogP contribution in [0.25, 0.3) is 0 Å². The van der Waals surface area contributed by atoms with Crippen molar-refractivity contribution in [3.8, 4) is 0 Å². The minimum Gasteiger partial charge on any atom is -0.459 e. The Kier molecular flexibility index (Phi) is 3.78. The van der Waals surface area contributed by atoms with Crippen molar-refractivity contribution >= 4 is 5.91 Å². The molecule has 1 aliphatic rings. The summed E-state index contributed by atoms with van der Waals surface area (Å²) in [7, 11) is 0. The topological polar surface area (TPSA) is 85.0 Å². The summed E-state index contributed by atoms with van der Waals surface area (Å²) in [4.78, 5) is 11.7. The fraction of sp³-hybridized carbons (Fsp3) is 0.462. The lowest BCUT2D eigenvalue weighted by atomic mass is 10.3. The summed E-state index contributed by atoms with van der Waals surface area (Å²) in [5, 5.41) is 14.6. The molecule has 2 aromatic heterocycles. The van der Waals surface area contributed by atoms with E-state index >= 15 is 0 Å². The van der Waals surface area contributed by atoms with Gasteiger partial charge in [-0.05, 0) is 12.1 Å². The number of carbonyl (C=O) groups is 1. The Labute approximate surface area is 116 Å². The van der Waals surface area contributed by atoms with E-state index in [1.807, 2.05) is 0 Å². The highest BCUT2D eigenvalue weighted by atomic mass is 16.3. The number of carbonyl (C=O) groups excluding carboxylic acids is 1.